The van der Waals surface area contributed by atoms with Crippen molar-refractivity contribution in [1.82, 2.24) is 4.90 Å². The van der Waals surface area contributed by atoms with Gasteiger partial charge in [0.15, 0.2) is 0 Å². The molecule has 102 valence electrons. The SMILES string of the molecule is CC(N)C1CN(CCOCC(F)(F)F)CCO1. The zero-order chi connectivity index (χ0) is 12.9. The maximum absolute atomic E-state index is 11.8. The molecule has 17 heavy (non-hydrogen) atoms. The van der Waals surface area contributed by atoms with Crippen molar-refractivity contribution in [3.05, 3.63) is 0 Å². The number of ether oxygens (including phenoxy) is 2. The summed E-state index contributed by atoms with van der Waals surface area (Å²) in [6, 6.07) is -0.0751. The third kappa shape index (κ3) is 6.21. The van der Waals surface area contributed by atoms with Crippen LogP contribution in [0.4, 0.5) is 13.2 Å². The third-order valence-corrected chi connectivity index (χ3v) is 2.58. The number of morpholine rings is 1. The van der Waals surface area contributed by atoms with Crippen LogP contribution in [0.5, 0.6) is 0 Å². The van der Waals surface area contributed by atoms with Crippen LogP contribution >= 0.6 is 0 Å². The first-order chi connectivity index (χ1) is 7.88. The molecule has 1 saturated heterocycles. The van der Waals surface area contributed by atoms with E-state index in [0.717, 1.165) is 0 Å². The fraction of sp³-hybridized carbons (Fsp3) is 1.00. The highest BCUT2D eigenvalue weighted by atomic mass is 19.4. The largest absolute Gasteiger partial charge is 0.411 e. The highest BCUT2D eigenvalue weighted by molar-refractivity contribution is 4.77. The molecule has 4 nitrogen and oxygen atoms in total. The second kappa shape index (κ2) is 6.53. The molecular formula is C10H19F3N2O2. The Balaban J connectivity index is 2.15. The summed E-state index contributed by atoms with van der Waals surface area (Å²) < 4.78 is 45.4. The summed E-state index contributed by atoms with van der Waals surface area (Å²) in [5.74, 6) is 0. The number of rotatable bonds is 5. The second-order valence-corrected chi connectivity index (χ2v) is 4.24. The molecule has 1 aliphatic heterocycles. The van der Waals surface area contributed by atoms with Crippen molar-refractivity contribution in [2.45, 2.75) is 25.2 Å². The van der Waals surface area contributed by atoms with E-state index in [1.54, 1.807) is 0 Å². The average molecular weight is 256 g/mol. The first kappa shape index (κ1) is 14.7. The molecule has 0 radical (unpaired) electrons. The van der Waals surface area contributed by atoms with Gasteiger partial charge in [0.25, 0.3) is 0 Å². The Labute approximate surface area is 98.8 Å². The topological polar surface area (TPSA) is 47.7 Å². The smallest absolute Gasteiger partial charge is 0.374 e. The normalized spacial score (nSPS) is 24.9. The lowest BCUT2D eigenvalue weighted by atomic mass is 10.1. The molecule has 2 atom stereocenters. The van der Waals surface area contributed by atoms with Crippen LogP contribution in [0.1, 0.15) is 6.92 Å². The number of nitrogens with zero attached hydrogens (tertiary/aromatic N) is 1. The van der Waals surface area contributed by atoms with Crippen molar-refractivity contribution >= 4 is 0 Å². The fourth-order valence-electron chi connectivity index (χ4n) is 1.63. The van der Waals surface area contributed by atoms with Gasteiger partial charge in [-0.2, -0.15) is 13.2 Å². The van der Waals surface area contributed by atoms with Gasteiger partial charge >= 0.3 is 6.18 Å². The zero-order valence-electron chi connectivity index (χ0n) is 9.87. The predicted molar refractivity (Wildman–Crippen MR) is 56.7 cm³/mol. The van der Waals surface area contributed by atoms with Gasteiger partial charge in [0.05, 0.1) is 19.3 Å². The molecule has 7 heteroatoms. The van der Waals surface area contributed by atoms with Gasteiger partial charge in [-0.05, 0) is 6.92 Å². The lowest BCUT2D eigenvalue weighted by molar-refractivity contribution is -0.175. The monoisotopic (exact) mass is 256 g/mol. The lowest BCUT2D eigenvalue weighted by Gasteiger charge is -2.34. The summed E-state index contributed by atoms with van der Waals surface area (Å²) >= 11 is 0. The van der Waals surface area contributed by atoms with Crippen molar-refractivity contribution in [3.8, 4) is 0 Å². The van der Waals surface area contributed by atoms with Gasteiger partial charge in [0, 0.05) is 25.7 Å². The van der Waals surface area contributed by atoms with Crippen LogP contribution in [-0.2, 0) is 9.47 Å². The van der Waals surface area contributed by atoms with E-state index in [0.29, 0.717) is 26.2 Å². The molecule has 0 aromatic heterocycles. The molecule has 1 fully saturated rings. The number of alkyl halides is 3. The van der Waals surface area contributed by atoms with E-state index in [2.05, 4.69) is 4.74 Å². The van der Waals surface area contributed by atoms with Gasteiger partial charge in [-0.25, -0.2) is 0 Å². The first-order valence-corrected chi connectivity index (χ1v) is 5.62. The summed E-state index contributed by atoms with van der Waals surface area (Å²) in [7, 11) is 0. The van der Waals surface area contributed by atoms with E-state index in [-0.39, 0.29) is 18.8 Å². The van der Waals surface area contributed by atoms with Gasteiger partial charge in [-0.3, -0.25) is 4.90 Å². The van der Waals surface area contributed by atoms with Crippen LogP contribution < -0.4 is 5.73 Å². The predicted octanol–water partition coefficient (Wildman–Crippen LogP) is 0.613. The van der Waals surface area contributed by atoms with Crippen LogP contribution in [-0.4, -0.2) is 62.7 Å². The minimum Gasteiger partial charge on any atom is -0.374 e. The summed E-state index contributed by atoms with van der Waals surface area (Å²) in [5.41, 5.74) is 5.71. The number of halogens is 3. The second-order valence-electron chi connectivity index (χ2n) is 4.24. The molecule has 1 rings (SSSR count). The van der Waals surface area contributed by atoms with E-state index in [1.807, 2.05) is 11.8 Å². The van der Waals surface area contributed by atoms with Crippen molar-refractivity contribution in [1.29, 1.82) is 0 Å². The Morgan fingerprint density at radius 1 is 1.53 bits per heavy atom. The maximum Gasteiger partial charge on any atom is 0.411 e. The van der Waals surface area contributed by atoms with Crippen molar-refractivity contribution in [2.75, 3.05) is 39.5 Å². The van der Waals surface area contributed by atoms with Gasteiger partial charge in [-0.15, -0.1) is 0 Å². The van der Waals surface area contributed by atoms with Crippen LogP contribution in [0.3, 0.4) is 0 Å². The Morgan fingerprint density at radius 2 is 2.24 bits per heavy atom. The molecule has 1 heterocycles. The van der Waals surface area contributed by atoms with Crippen LogP contribution in [0, 0.1) is 0 Å². The molecule has 1 aliphatic rings. The van der Waals surface area contributed by atoms with Crippen molar-refractivity contribution in [2.24, 2.45) is 5.73 Å². The molecule has 0 aliphatic carbocycles. The number of nitrogens with two attached hydrogens (primary N) is 1. The third-order valence-electron chi connectivity index (χ3n) is 2.58. The Morgan fingerprint density at radius 3 is 2.82 bits per heavy atom. The molecular weight excluding hydrogens is 237 g/mol. The van der Waals surface area contributed by atoms with E-state index in [9.17, 15) is 13.2 Å². The first-order valence-electron chi connectivity index (χ1n) is 5.62. The van der Waals surface area contributed by atoms with E-state index in [4.69, 9.17) is 10.5 Å². The summed E-state index contributed by atoms with van der Waals surface area (Å²) in [6.07, 6.45) is -4.30. The van der Waals surface area contributed by atoms with Gasteiger partial charge in [0.1, 0.15) is 6.61 Å². The minimum atomic E-state index is -4.25. The maximum atomic E-state index is 11.8. The van der Waals surface area contributed by atoms with Gasteiger partial charge in [0.2, 0.25) is 0 Å². The van der Waals surface area contributed by atoms with Gasteiger partial charge < -0.3 is 15.2 Å². The van der Waals surface area contributed by atoms with E-state index in [1.165, 1.54) is 0 Å². The molecule has 0 bridgehead atoms. The molecule has 0 aromatic rings. The Kier molecular flexibility index (Phi) is 5.64. The number of hydrogen-bond acceptors (Lipinski definition) is 4. The molecule has 0 saturated carbocycles. The highest BCUT2D eigenvalue weighted by Crippen LogP contribution is 2.14. The standard InChI is InChI=1S/C10H19F3N2O2/c1-8(14)9-6-15(3-5-17-9)2-4-16-7-10(11,12)13/h8-9H,2-7,14H2,1H3. The van der Waals surface area contributed by atoms with Crippen molar-refractivity contribution in [3.63, 3.8) is 0 Å². The minimum absolute atomic E-state index is 0.0497. The Bertz CT molecular complexity index is 224. The van der Waals surface area contributed by atoms with Gasteiger partial charge in [-0.1, -0.05) is 0 Å². The molecule has 0 aromatic carbocycles. The Hall–Kier alpha value is -0.370. The van der Waals surface area contributed by atoms with E-state index >= 15 is 0 Å². The summed E-state index contributed by atoms with van der Waals surface area (Å²) in [4.78, 5) is 2.01. The molecule has 0 amide bonds. The average Bonchev–Trinajstić information content (AvgIpc) is 2.23. The number of hydrogen-bond donors (Lipinski definition) is 1. The molecule has 0 spiro atoms. The fourth-order valence-corrected chi connectivity index (χ4v) is 1.63. The van der Waals surface area contributed by atoms with E-state index < -0.39 is 12.8 Å². The summed E-state index contributed by atoms with van der Waals surface area (Å²) in [5, 5.41) is 0. The van der Waals surface area contributed by atoms with Crippen LogP contribution in [0.15, 0.2) is 0 Å². The van der Waals surface area contributed by atoms with Crippen molar-refractivity contribution < 1.29 is 22.6 Å². The lowest BCUT2D eigenvalue weighted by Crippen LogP contribution is -2.50. The molecule has 2 N–H and O–H groups in total. The van der Waals surface area contributed by atoms with Crippen LogP contribution in [0.25, 0.3) is 0 Å². The summed E-state index contributed by atoms with van der Waals surface area (Å²) in [6.45, 7) is 3.13. The van der Waals surface area contributed by atoms with Crippen LogP contribution in [0.2, 0.25) is 0 Å². The zero-order valence-corrected chi connectivity index (χ0v) is 9.87. The quantitative estimate of drug-likeness (QED) is 0.732. The molecule has 2 unspecified atom stereocenters. The highest BCUT2D eigenvalue weighted by Gasteiger charge is 2.28.